The maximum absolute atomic E-state index is 12.2. The summed E-state index contributed by atoms with van der Waals surface area (Å²) in [5.74, 6) is 0.246. The highest BCUT2D eigenvalue weighted by molar-refractivity contribution is 7.90. The number of aromatic amines is 1. The summed E-state index contributed by atoms with van der Waals surface area (Å²) < 4.78 is 23.0. The lowest BCUT2D eigenvalue weighted by molar-refractivity contribution is -0.131. The lowest BCUT2D eigenvalue weighted by Gasteiger charge is -2.27. The van der Waals surface area contributed by atoms with Gasteiger partial charge in [0.15, 0.2) is 15.7 Å². The predicted molar refractivity (Wildman–Crippen MR) is 99.0 cm³/mol. The number of sulfone groups is 1. The van der Waals surface area contributed by atoms with Crippen LogP contribution in [0.2, 0.25) is 0 Å². The molecule has 9 nitrogen and oxygen atoms in total. The lowest BCUT2D eigenvalue weighted by atomic mass is 10.2. The average molecular weight is 391 g/mol. The van der Waals surface area contributed by atoms with E-state index >= 15 is 0 Å². The molecule has 0 saturated carbocycles. The lowest BCUT2D eigenvalue weighted by Crippen LogP contribution is -2.46. The third-order valence-corrected chi connectivity index (χ3v) is 5.49. The van der Waals surface area contributed by atoms with E-state index < -0.39 is 15.4 Å². The molecular formula is C17H21N5O4S. The van der Waals surface area contributed by atoms with Crippen molar-refractivity contribution in [2.24, 2.45) is 0 Å². The molecule has 1 aliphatic rings. The molecule has 0 spiro atoms. The van der Waals surface area contributed by atoms with Gasteiger partial charge in [-0.05, 0) is 24.3 Å². The molecule has 27 heavy (non-hydrogen) atoms. The molecule has 0 aliphatic carbocycles. The molecule has 1 aromatic heterocycles. The van der Waals surface area contributed by atoms with E-state index in [2.05, 4.69) is 20.5 Å². The van der Waals surface area contributed by atoms with Crippen LogP contribution < -0.4 is 10.9 Å². The van der Waals surface area contributed by atoms with E-state index in [9.17, 15) is 18.0 Å². The number of benzene rings is 1. The maximum Gasteiger partial charge on any atom is 0.273 e. The number of nitrogens with zero attached hydrogens (tertiary/aromatic N) is 3. The first-order chi connectivity index (χ1) is 12.8. The van der Waals surface area contributed by atoms with E-state index in [1.54, 1.807) is 17.0 Å². The van der Waals surface area contributed by atoms with Crippen molar-refractivity contribution in [1.82, 2.24) is 25.4 Å². The maximum atomic E-state index is 12.2. The molecule has 0 bridgehead atoms. The zero-order valence-corrected chi connectivity index (χ0v) is 15.8. The van der Waals surface area contributed by atoms with Gasteiger partial charge >= 0.3 is 0 Å². The highest BCUT2D eigenvalue weighted by Gasteiger charge is 2.17. The van der Waals surface area contributed by atoms with E-state index in [1.807, 2.05) is 0 Å². The smallest absolute Gasteiger partial charge is 0.273 e. The van der Waals surface area contributed by atoms with Gasteiger partial charge < -0.3 is 15.2 Å². The summed E-state index contributed by atoms with van der Waals surface area (Å²) in [5.41, 5.74) is 0.353. The first-order valence-electron chi connectivity index (χ1n) is 8.59. The van der Waals surface area contributed by atoms with Crippen molar-refractivity contribution in [3.05, 3.63) is 40.3 Å². The van der Waals surface area contributed by atoms with Gasteiger partial charge in [-0.3, -0.25) is 9.59 Å². The Morgan fingerprint density at radius 1 is 1.15 bits per heavy atom. The standard InChI is InChI=1S/C17H21N5O4S/c1-27(25,26)13-4-2-12(3-5-13)16-19-17(24)14(20-21-16)6-7-15(23)22-10-8-18-9-11-22/h2-5,18H,6-11H2,1H3,(H,19,21,24). The third kappa shape index (κ3) is 4.77. The summed E-state index contributed by atoms with van der Waals surface area (Å²) in [6, 6.07) is 6.02. The summed E-state index contributed by atoms with van der Waals surface area (Å²) in [4.78, 5) is 29.0. The van der Waals surface area contributed by atoms with Crippen LogP contribution in [0.1, 0.15) is 12.1 Å². The molecule has 2 aromatic rings. The fourth-order valence-corrected chi connectivity index (χ4v) is 3.44. The van der Waals surface area contributed by atoms with E-state index in [0.29, 0.717) is 18.7 Å². The Morgan fingerprint density at radius 2 is 1.81 bits per heavy atom. The van der Waals surface area contributed by atoms with Crippen molar-refractivity contribution in [1.29, 1.82) is 0 Å². The highest BCUT2D eigenvalue weighted by atomic mass is 32.2. The largest absolute Gasteiger partial charge is 0.340 e. The molecule has 3 rings (SSSR count). The predicted octanol–water partition coefficient (Wildman–Crippen LogP) is -0.400. The van der Waals surface area contributed by atoms with Crippen LogP contribution in [0.15, 0.2) is 34.0 Å². The second-order valence-corrected chi connectivity index (χ2v) is 8.39. The van der Waals surface area contributed by atoms with Gasteiger partial charge in [-0.15, -0.1) is 10.2 Å². The zero-order chi connectivity index (χ0) is 19.4. The quantitative estimate of drug-likeness (QED) is 0.710. The Hall–Kier alpha value is -2.59. The number of H-pyrrole nitrogens is 1. The topological polar surface area (TPSA) is 125 Å². The minimum atomic E-state index is -3.29. The van der Waals surface area contributed by atoms with Crippen LogP contribution >= 0.6 is 0 Å². The van der Waals surface area contributed by atoms with E-state index in [1.165, 1.54) is 12.1 Å². The van der Waals surface area contributed by atoms with Crippen LogP contribution in [0.25, 0.3) is 11.4 Å². The molecule has 1 aliphatic heterocycles. The highest BCUT2D eigenvalue weighted by Crippen LogP contribution is 2.16. The first kappa shape index (κ1) is 19.2. The van der Waals surface area contributed by atoms with Crippen LogP contribution in [0.5, 0.6) is 0 Å². The van der Waals surface area contributed by atoms with Crippen molar-refractivity contribution in [2.45, 2.75) is 17.7 Å². The Bertz CT molecular complexity index is 979. The van der Waals surface area contributed by atoms with E-state index in [0.717, 1.165) is 19.3 Å². The van der Waals surface area contributed by atoms with E-state index in [-0.39, 0.29) is 35.2 Å². The number of carbonyl (C=O) groups excluding carboxylic acids is 1. The second kappa shape index (κ2) is 7.97. The van der Waals surface area contributed by atoms with Crippen molar-refractivity contribution in [3.8, 4) is 11.4 Å². The number of aryl methyl sites for hydroxylation is 1. The molecule has 2 heterocycles. The molecule has 1 saturated heterocycles. The summed E-state index contributed by atoms with van der Waals surface area (Å²) in [6.45, 7) is 2.89. The van der Waals surface area contributed by atoms with Gasteiger partial charge in [-0.1, -0.05) is 0 Å². The summed E-state index contributed by atoms with van der Waals surface area (Å²) >= 11 is 0. The molecule has 2 N–H and O–H groups in total. The van der Waals surface area contributed by atoms with Gasteiger partial charge in [0, 0.05) is 50.8 Å². The van der Waals surface area contributed by atoms with Gasteiger partial charge in [0.25, 0.3) is 5.56 Å². The first-order valence-corrected chi connectivity index (χ1v) is 10.5. The number of hydrogen-bond acceptors (Lipinski definition) is 7. The Kier molecular flexibility index (Phi) is 5.66. The van der Waals surface area contributed by atoms with Gasteiger partial charge in [0.05, 0.1) is 4.90 Å². The molecule has 0 atom stereocenters. The SMILES string of the molecule is CS(=O)(=O)c1ccc(-c2nnc(CCC(=O)N3CCNCC3)c(=O)[nH]2)cc1. The Balaban J connectivity index is 1.68. The van der Waals surface area contributed by atoms with Gasteiger partial charge in [0.1, 0.15) is 5.69 Å². The number of hydrogen-bond donors (Lipinski definition) is 2. The third-order valence-electron chi connectivity index (χ3n) is 4.37. The average Bonchev–Trinajstić information content (AvgIpc) is 2.67. The minimum absolute atomic E-state index is 0.00172. The van der Waals surface area contributed by atoms with Gasteiger partial charge in [-0.2, -0.15) is 0 Å². The summed E-state index contributed by atoms with van der Waals surface area (Å²) in [7, 11) is -3.29. The van der Waals surface area contributed by atoms with Crippen LogP contribution in [-0.2, 0) is 21.1 Å². The monoisotopic (exact) mass is 391 g/mol. The molecule has 144 valence electrons. The van der Waals surface area contributed by atoms with Gasteiger partial charge in [0.2, 0.25) is 5.91 Å². The van der Waals surface area contributed by atoms with Crippen LogP contribution in [-0.4, -0.2) is 66.8 Å². The number of rotatable bonds is 5. The molecule has 1 amide bonds. The summed E-state index contributed by atoms with van der Waals surface area (Å²) in [6.07, 6.45) is 1.55. The molecule has 0 unspecified atom stereocenters. The Morgan fingerprint density at radius 3 is 2.41 bits per heavy atom. The summed E-state index contributed by atoms with van der Waals surface area (Å²) in [5, 5.41) is 11.1. The fourth-order valence-electron chi connectivity index (χ4n) is 2.81. The minimum Gasteiger partial charge on any atom is -0.340 e. The number of nitrogens with one attached hydrogen (secondary N) is 2. The van der Waals surface area contributed by atoms with Gasteiger partial charge in [-0.25, -0.2) is 8.42 Å². The molecule has 1 fully saturated rings. The van der Waals surface area contributed by atoms with Crippen LogP contribution in [0.3, 0.4) is 0 Å². The van der Waals surface area contributed by atoms with Crippen molar-refractivity contribution in [2.75, 3.05) is 32.4 Å². The number of piperazine rings is 1. The molecule has 0 radical (unpaired) electrons. The van der Waals surface area contributed by atoms with E-state index in [4.69, 9.17) is 0 Å². The number of aromatic nitrogens is 3. The van der Waals surface area contributed by atoms with Crippen molar-refractivity contribution < 1.29 is 13.2 Å². The molecule has 1 aromatic carbocycles. The second-order valence-electron chi connectivity index (χ2n) is 6.38. The zero-order valence-electron chi connectivity index (χ0n) is 14.9. The van der Waals surface area contributed by atoms with Crippen LogP contribution in [0.4, 0.5) is 0 Å². The van der Waals surface area contributed by atoms with Crippen molar-refractivity contribution in [3.63, 3.8) is 0 Å². The fraction of sp³-hybridized carbons (Fsp3) is 0.412. The molecule has 10 heteroatoms. The number of carbonyl (C=O) groups is 1. The van der Waals surface area contributed by atoms with Crippen molar-refractivity contribution >= 4 is 15.7 Å². The Labute approximate surface area is 156 Å². The van der Waals surface area contributed by atoms with Crippen LogP contribution in [0, 0.1) is 0 Å². The number of amides is 1. The molecular weight excluding hydrogens is 370 g/mol. The normalized spacial score (nSPS) is 14.9.